The van der Waals surface area contributed by atoms with Gasteiger partial charge in [0, 0.05) is 78.9 Å². The monoisotopic (exact) mass is 1070 g/mol. The highest BCUT2D eigenvalue weighted by molar-refractivity contribution is 6.33. The Morgan fingerprint density at radius 1 is 0.0972 bits per heavy atom. The Morgan fingerprint density at radius 2 is 0.0972 bits per heavy atom. The van der Waals surface area contributed by atoms with Gasteiger partial charge in [-0.25, -0.2) is 63.1 Å². The van der Waals surface area contributed by atoms with Crippen molar-refractivity contribution < 1.29 is 181 Å². The Kier molecular flexibility index (Phi) is 661. The average Bonchev–Trinajstić information content (AvgIpc) is 3.24. The summed E-state index contributed by atoms with van der Waals surface area (Å²) in [6, 6.07) is 0. The molecule has 48 nitrogen and oxygen atoms in total. The molecule has 0 heterocycles. The van der Waals surface area contributed by atoms with Crippen LogP contribution in [0.2, 0.25) is 0 Å². The predicted molar refractivity (Wildman–Crippen MR) is 229 cm³/mol. The van der Waals surface area contributed by atoms with Gasteiger partial charge in [-0.3, -0.25) is 0 Å². The van der Waals surface area contributed by atoms with Crippen LogP contribution in [0.3, 0.4) is 0 Å². The first kappa shape index (κ1) is 158. The first-order valence-electron chi connectivity index (χ1n) is 12.4. The fraction of sp³-hybridized carbons (Fsp3) is 0. The molecule has 0 aromatic heterocycles. The van der Waals surface area contributed by atoms with E-state index in [1.807, 2.05) is 0 Å². The standard InChI is InChI=1S/12CHN.12BH3O3/c12*1-2;12*2-1(3)4/h12*1H;12*2-4H. The van der Waals surface area contributed by atoms with Crippen LogP contribution < -0.4 is 0 Å². The molecule has 0 atom stereocenters. The maximum atomic E-state index is 7.17. The van der Waals surface area contributed by atoms with Crippen LogP contribution in [0.15, 0.2) is 0 Å². The number of hydrogen-bond acceptors (Lipinski definition) is 48. The molecule has 0 aliphatic rings. The molecule has 0 spiro atoms. The van der Waals surface area contributed by atoms with Crippen LogP contribution in [0.25, 0.3) is 0 Å². The van der Waals surface area contributed by atoms with E-state index in [0.29, 0.717) is 0 Å². The summed E-state index contributed by atoms with van der Waals surface area (Å²) in [4.78, 5) is 0. The summed E-state index contributed by atoms with van der Waals surface area (Å²) in [5.74, 6) is 0. The molecule has 0 rings (SSSR count). The molecule has 0 amide bonds. The predicted octanol–water partition coefficient (Wildman–Crippen LogP) is -22.9. The lowest BCUT2D eigenvalue weighted by molar-refractivity contribution is 0.276. The van der Waals surface area contributed by atoms with E-state index >= 15 is 0 Å². The molecule has 72 heavy (non-hydrogen) atoms. The van der Waals surface area contributed by atoms with Gasteiger partial charge < -0.3 is 181 Å². The maximum absolute atomic E-state index is 7.17. The quantitative estimate of drug-likeness (QED) is 0.100. The van der Waals surface area contributed by atoms with Gasteiger partial charge in [0.1, 0.15) is 0 Å². The Balaban J connectivity index is -0.0000000153. The maximum Gasteiger partial charge on any atom is 0.631 e. The first-order chi connectivity index (χ1) is 32.8. The molecular weight excluding hydrogens is 1020 g/mol. The summed E-state index contributed by atoms with van der Waals surface area (Å²) >= 11 is 0. The Hall–Kier alpha value is -6.78. The molecule has 60 heteroatoms. The van der Waals surface area contributed by atoms with Gasteiger partial charge in [-0.05, 0) is 0 Å². The lowest BCUT2D eigenvalue weighted by Crippen LogP contribution is -2.07. The van der Waals surface area contributed by atoms with Crippen LogP contribution in [0, 0.1) is 142 Å². The molecule has 408 valence electrons. The van der Waals surface area contributed by atoms with Gasteiger partial charge >= 0.3 is 87.9 Å². The van der Waals surface area contributed by atoms with Crippen molar-refractivity contribution in [2.24, 2.45) is 0 Å². The molecule has 0 aliphatic heterocycles. The number of nitriles is 12. The summed E-state index contributed by atoms with van der Waals surface area (Å²) in [5, 5.41) is 336. The van der Waals surface area contributed by atoms with E-state index in [4.69, 9.17) is 244 Å². The second-order valence-corrected chi connectivity index (χ2v) is 4.16. The van der Waals surface area contributed by atoms with Crippen molar-refractivity contribution in [3.8, 4) is 78.9 Å². The molecule has 36 N–H and O–H groups in total. The number of nitrogens with zero attached hydrogens (tertiary/aromatic N) is 12. The molecule has 0 bridgehead atoms. The molecule has 0 aromatic rings. The lowest BCUT2D eigenvalue weighted by atomic mass is 10.3. The summed E-state index contributed by atoms with van der Waals surface area (Å²) in [6.07, 6.45) is 0. The van der Waals surface area contributed by atoms with Crippen molar-refractivity contribution in [3.05, 3.63) is 0 Å². The van der Waals surface area contributed by atoms with Crippen molar-refractivity contribution >= 4 is 87.9 Å². The van der Waals surface area contributed by atoms with Crippen LogP contribution in [0.5, 0.6) is 0 Å². The average molecular weight is 1070 g/mol. The van der Waals surface area contributed by atoms with Gasteiger partial charge in [-0.15, -0.1) is 0 Å². The lowest BCUT2D eigenvalue weighted by Gasteiger charge is -1.69. The third kappa shape index (κ3) is 5320. The minimum atomic E-state index is -2.17. The van der Waals surface area contributed by atoms with E-state index in [0.717, 1.165) is 0 Å². The van der Waals surface area contributed by atoms with E-state index in [-0.39, 0.29) is 0 Å². The van der Waals surface area contributed by atoms with Crippen molar-refractivity contribution in [1.82, 2.24) is 0 Å². The largest absolute Gasteiger partial charge is 0.631 e. The molecule has 0 aliphatic carbocycles. The summed E-state index contributed by atoms with van der Waals surface area (Å²) in [5.41, 5.74) is 0. The first-order valence-corrected chi connectivity index (χ1v) is 12.4. The minimum Gasteiger partial charge on any atom is -0.402 e. The third-order valence-electron chi connectivity index (χ3n) is 0. The van der Waals surface area contributed by atoms with Gasteiger partial charge in [0.25, 0.3) is 0 Å². The van der Waals surface area contributed by atoms with Crippen LogP contribution in [0.1, 0.15) is 0 Å². The highest BCUT2D eigenvalue weighted by Gasteiger charge is 1.96. The summed E-state index contributed by atoms with van der Waals surface area (Å²) < 4.78 is 0. The molecular formula is C12H48B12N12O36. The fourth-order valence-corrected chi connectivity index (χ4v) is 0. The topological polar surface area (TPSA) is 1010 Å². The van der Waals surface area contributed by atoms with E-state index in [1.165, 1.54) is 0 Å². The third-order valence-corrected chi connectivity index (χ3v) is 0. The van der Waals surface area contributed by atoms with Crippen molar-refractivity contribution in [2.45, 2.75) is 0 Å². The Labute approximate surface area is 410 Å². The Bertz CT molecular complexity index is 645. The molecule has 0 aromatic carbocycles. The van der Waals surface area contributed by atoms with Crippen LogP contribution in [-0.2, 0) is 0 Å². The zero-order valence-electron chi connectivity index (χ0n) is 35.3. The second kappa shape index (κ2) is 301. The van der Waals surface area contributed by atoms with Gasteiger partial charge in [0.15, 0.2) is 0 Å². The highest BCUT2D eigenvalue weighted by atomic mass is 16.6. The summed E-state index contributed by atoms with van der Waals surface area (Å²) in [7, 11) is -26.0. The zero-order chi connectivity index (χ0) is 66.9. The SMILES string of the molecule is C#N.C#N.C#N.C#N.C#N.C#N.C#N.C#N.C#N.C#N.C#N.C#N.OB(O)O.OB(O)O.OB(O)O.OB(O)O.OB(O)O.OB(O)O.OB(O)O.OB(O)O.OB(O)O.OB(O)O.OB(O)O.OB(O)O. The number of rotatable bonds is 0. The van der Waals surface area contributed by atoms with Crippen LogP contribution in [-0.4, -0.2) is 269 Å². The van der Waals surface area contributed by atoms with Crippen LogP contribution in [0.4, 0.5) is 0 Å². The molecule has 0 unspecified atom stereocenters. The van der Waals surface area contributed by atoms with E-state index < -0.39 is 87.9 Å². The molecule has 0 saturated carbocycles. The fourth-order valence-electron chi connectivity index (χ4n) is 0. The molecule has 0 fully saturated rings. The minimum absolute atomic E-state index is 2.17. The Morgan fingerprint density at radius 3 is 0.0972 bits per heavy atom. The van der Waals surface area contributed by atoms with E-state index in [9.17, 15) is 0 Å². The second-order valence-electron chi connectivity index (χ2n) is 4.16. The van der Waals surface area contributed by atoms with Gasteiger partial charge in [0.2, 0.25) is 0 Å². The van der Waals surface area contributed by atoms with Gasteiger partial charge in [-0.2, -0.15) is 0 Å². The highest BCUT2D eigenvalue weighted by Crippen LogP contribution is 1.44. The van der Waals surface area contributed by atoms with Gasteiger partial charge in [-0.1, -0.05) is 0 Å². The van der Waals surface area contributed by atoms with E-state index in [1.54, 1.807) is 0 Å². The normalized spacial score (nSPS) is 4.83. The van der Waals surface area contributed by atoms with Crippen molar-refractivity contribution in [2.75, 3.05) is 0 Å². The van der Waals surface area contributed by atoms with Crippen molar-refractivity contribution in [1.29, 1.82) is 63.1 Å². The van der Waals surface area contributed by atoms with Crippen molar-refractivity contribution in [3.63, 3.8) is 0 Å². The van der Waals surface area contributed by atoms with Crippen LogP contribution >= 0.6 is 0 Å². The van der Waals surface area contributed by atoms with Gasteiger partial charge in [0.05, 0.1) is 0 Å². The number of hydrogen-bond donors (Lipinski definition) is 36. The van der Waals surface area contributed by atoms with E-state index in [2.05, 4.69) is 78.9 Å². The summed E-state index contributed by atoms with van der Waals surface area (Å²) in [6.45, 7) is 42.0. The molecule has 0 saturated heterocycles. The molecule has 0 radical (unpaired) electrons. The zero-order valence-corrected chi connectivity index (χ0v) is 35.3. The smallest absolute Gasteiger partial charge is 0.402 e.